The van der Waals surface area contributed by atoms with Crippen LogP contribution in [0.25, 0.3) is 11.0 Å². The van der Waals surface area contributed by atoms with Gasteiger partial charge in [-0.3, -0.25) is 0 Å². The maximum Gasteiger partial charge on any atom is 0.134 e. The number of hydrogen-bond donors (Lipinski definition) is 1. The molecule has 2 aromatic rings. The normalized spacial score (nSPS) is 25.3. The number of hydrogen-bond acceptors (Lipinski definition) is 2. The molecule has 2 nitrogen and oxygen atoms in total. The zero-order valence-electron chi connectivity index (χ0n) is 13.1. The number of nitrogens with one attached hydrogen (secondary N) is 1. The molecule has 1 N–H and O–H groups in total. The Morgan fingerprint density at radius 1 is 1.33 bits per heavy atom. The van der Waals surface area contributed by atoms with Crippen LogP contribution in [0.4, 0.5) is 0 Å². The zero-order valence-corrected chi connectivity index (χ0v) is 13.8. The summed E-state index contributed by atoms with van der Waals surface area (Å²) < 4.78 is 6.15. The second kappa shape index (κ2) is 5.66. The number of rotatable bonds is 3. The highest BCUT2D eigenvalue weighted by molar-refractivity contribution is 6.31. The standard InChI is InChI=1S/C18H24ClNO/c1-18(2)7-6-12(11-20-3)15(10-18)17-9-13-8-14(19)4-5-16(13)21-17/h4-5,8-9,12,15,20H,6-7,10-11H2,1-3H3. The molecule has 114 valence electrons. The minimum absolute atomic E-state index is 0.394. The van der Waals surface area contributed by atoms with E-state index in [9.17, 15) is 0 Å². The van der Waals surface area contributed by atoms with E-state index in [-0.39, 0.29) is 0 Å². The molecule has 1 aromatic carbocycles. The molecular formula is C18H24ClNO. The van der Waals surface area contributed by atoms with Crippen LogP contribution in [0.2, 0.25) is 5.02 Å². The smallest absolute Gasteiger partial charge is 0.134 e. The molecule has 2 atom stereocenters. The molecule has 1 heterocycles. The largest absolute Gasteiger partial charge is 0.461 e. The van der Waals surface area contributed by atoms with E-state index in [1.54, 1.807) is 0 Å². The van der Waals surface area contributed by atoms with E-state index in [0.717, 1.165) is 28.3 Å². The van der Waals surface area contributed by atoms with Crippen LogP contribution >= 0.6 is 11.6 Å². The van der Waals surface area contributed by atoms with E-state index < -0.39 is 0 Å². The van der Waals surface area contributed by atoms with Crippen molar-refractivity contribution in [3.8, 4) is 0 Å². The lowest BCUT2D eigenvalue weighted by Gasteiger charge is -2.40. The minimum Gasteiger partial charge on any atom is -0.461 e. The monoisotopic (exact) mass is 305 g/mol. The average Bonchev–Trinajstić information content (AvgIpc) is 2.83. The third-order valence-corrected chi connectivity index (χ3v) is 5.10. The molecule has 3 heteroatoms. The third kappa shape index (κ3) is 3.12. The Hall–Kier alpha value is -0.990. The van der Waals surface area contributed by atoms with Gasteiger partial charge in [-0.15, -0.1) is 0 Å². The van der Waals surface area contributed by atoms with Crippen LogP contribution in [0.5, 0.6) is 0 Å². The Bertz CT molecular complexity index is 631. The summed E-state index contributed by atoms with van der Waals surface area (Å²) in [4.78, 5) is 0. The van der Waals surface area contributed by atoms with Gasteiger partial charge in [0.25, 0.3) is 0 Å². The fourth-order valence-electron chi connectivity index (χ4n) is 3.70. The Balaban J connectivity index is 1.96. The van der Waals surface area contributed by atoms with Crippen molar-refractivity contribution in [2.45, 2.75) is 39.0 Å². The predicted octanol–water partition coefficient (Wildman–Crippen LogP) is 5.22. The summed E-state index contributed by atoms with van der Waals surface area (Å²) in [5.41, 5.74) is 1.34. The molecule has 1 fully saturated rings. The Morgan fingerprint density at radius 2 is 2.14 bits per heavy atom. The number of furan rings is 1. The first-order valence-electron chi connectivity index (χ1n) is 7.82. The molecule has 0 aliphatic heterocycles. The molecule has 0 amide bonds. The van der Waals surface area contributed by atoms with Gasteiger partial charge in [0.1, 0.15) is 11.3 Å². The lowest BCUT2D eigenvalue weighted by Crippen LogP contribution is -2.33. The lowest BCUT2D eigenvalue weighted by molar-refractivity contribution is 0.149. The van der Waals surface area contributed by atoms with Crippen LogP contribution in [0.3, 0.4) is 0 Å². The van der Waals surface area contributed by atoms with Gasteiger partial charge in [0.2, 0.25) is 0 Å². The molecule has 0 radical (unpaired) electrons. The third-order valence-electron chi connectivity index (χ3n) is 4.86. The maximum absolute atomic E-state index is 6.15. The van der Waals surface area contributed by atoms with Crippen LogP contribution in [0, 0.1) is 11.3 Å². The highest BCUT2D eigenvalue weighted by Crippen LogP contribution is 2.47. The van der Waals surface area contributed by atoms with E-state index in [2.05, 4.69) is 25.2 Å². The maximum atomic E-state index is 6.15. The first kappa shape index (κ1) is 14.9. The molecule has 0 spiro atoms. The first-order chi connectivity index (χ1) is 9.98. The van der Waals surface area contributed by atoms with E-state index in [1.165, 1.54) is 19.3 Å². The summed E-state index contributed by atoms with van der Waals surface area (Å²) in [5.74, 6) is 2.27. The lowest BCUT2D eigenvalue weighted by atomic mass is 9.66. The van der Waals surface area contributed by atoms with Crippen LogP contribution in [0.15, 0.2) is 28.7 Å². The van der Waals surface area contributed by atoms with Gasteiger partial charge >= 0.3 is 0 Å². The SMILES string of the molecule is CNCC1CCC(C)(C)CC1c1cc2cc(Cl)ccc2o1. The van der Waals surface area contributed by atoms with Gasteiger partial charge in [0, 0.05) is 16.3 Å². The average molecular weight is 306 g/mol. The minimum atomic E-state index is 0.394. The van der Waals surface area contributed by atoms with Crippen molar-refractivity contribution in [2.75, 3.05) is 13.6 Å². The highest BCUT2D eigenvalue weighted by Gasteiger charge is 2.37. The predicted molar refractivity (Wildman–Crippen MR) is 89.0 cm³/mol. The van der Waals surface area contributed by atoms with Crippen molar-refractivity contribution in [1.29, 1.82) is 0 Å². The van der Waals surface area contributed by atoms with Crippen molar-refractivity contribution in [2.24, 2.45) is 11.3 Å². The molecule has 2 unspecified atom stereocenters. The van der Waals surface area contributed by atoms with E-state index in [1.807, 2.05) is 25.2 Å². The van der Waals surface area contributed by atoms with E-state index in [4.69, 9.17) is 16.0 Å². The number of fused-ring (bicyclic) bond motifs is 1. The summed E-state index contributed by atoms with van der Waals surface area (Å²) in [6.07, 6.45) is 3.74. The van der Waals surface area contributed by atoms with Gasteiger partial charge in [0.05, 0.1) is 0 Å². The topological polar surface area (TPSA) is 25.2 Å². The fourth-order valence-corrected chi connectivity index (χ4v) is 3.88. The van der Waals surface area contributed by atoms with Crippen molar-refractivity contribution in [3.05, 3.63) is 35.0 Å². The summed E-state index contributed by atoms with van der Waals surface area (Å²) in [7, 11) is 2.04. The van der Waals surface area contributed by atoms with Gasteiger partial charge in [-0.05, 0) is 68.5 Å². The molecule has 21 heavy (non-hydrogen) atoms. The highest BCUT2D eigenvalue weighted by atomic mass is 35.5. The van der Waals surface area contributed by atoms with Crippen LogP contribution in [-0.4, -0.2) is 13.6 Å². The van der Waals surface area contributed by atoms with Gasteiger partial charge in [-0.1, -0.05) is 25.4 Å². The van der Waals surface area contributed by atoms with Crippen molar-refractivity contribution in [1.82, 2.24) is 5.32 Å². The summed E-state index contributed by atoms with van der Waals surface area (Å²) >= 11 is 6.09. The first-order valence-corrected chi connectivity index (χ1v) is 8.20. The number of halogens is 1. The quantitative estimate of drug-likeness (QED) is 0.841. The van der Waals surface area contributed by atoms with Gasteiger partial charge in [-0.25, -0.2) is 0 Å². The Kier molecular flexibility index (Phi) is 4.02. The van der Waals surface area contributed by atoms with Gasteiger partial charge < -0.3 is 9.73 Å². The van der Waals surface area contributed by atoms with Crippen molar-refractivity contribution >= 4 is 22.6 Å². The zero-order chi connectivity index (χ0) is 15.0. The van der Waals surface area contributed by atoms with E-state index >= 15 is 0 Å². The van der Waals surface area contributed by atoms with Crippen molar-refractivity contribution < 1.29 is 4.42 Å². The van der Waals surface area contributed by atoms with Crippen LogP contribution in [0.1, 0.15) is 44.8 Å². The molecule has 1 aromatic heterocycles. The fraction of sp³-hybridized carbons (Fsp3) is 0.556. The van der Waals surface area contributed by atoms with Crippen molar-refractivity contribution in [3.63, 3.8) is 0 Å². The molecule has 1 aliphatic rings. The van der Waals surface area contributed by atoms with Crippen LogP contribution < -0.4 is 5.32 Å². The Labute approximate surface area is 131 Å². The molecule has 0 bridgehead atoms. The molecule has 1 aliphatic carbocycles. The molecule has 3 rings (SSSR count). The second-order valence-electron chi connectivity index (χ2n) is 7.16. The van der Waals surface area contributed by atoms with Crippen LogP contribution in [-0.2, 0) is 0 Å². The molecule has 1 saturated carbocycles. The number of benzene rings is 1. The van der Waals surface area contributed by atoms with Gasteiger partial charge in [-0.2, -0.15) is 0 Å². The second-order valence-corrected chi connectivity index (χ2v) is 7.60. The van der Waals surface area contributed by atoms with Gasteiger partial charge in [0.15, 0.2) is 0 Å². The molecule has 0 saturated heterocycles. The Morgan fingerprint density at radius 3 is 2.90 bits per heavy atom. The summed E-state index contributed by atoms with van der Waals surface area (Å²) in [6, 6.07) is 8.05. The summed E-state index contributed by atoms with van der Waals surface area (Å²) in [6.45, 7) is 5.79. The molecular weight excluding hydrogens is 282 g/mol. The summed E-state index contributed by atoms with van der Waals surface area (Å²) in [5, 5.41) is 5.23. The van der Waals surface area contributed by atoms with E-state index in [0.29, 0.717) is 17.3 Å².